The Morgan fingerprint density at radius 2 is 2.30 bits per heavy atom. The highest BCUT2D eigenvalue weighted by Crippen LogP contribution is 2.22. The molecule has 0 aromatic heterocycles. The second-order valence-corrected chi connectivity index (χ2v) is 5.36. The fraction of sp³-hybridized carbons (Fsp3) is 0.500. The molecular formula is C14H19ClFN3O. The predicted molar refractivity (Wildman–Crippen MR) is 78.6 cm³/mol. The Kier molecular flexibility index (Phi) is 5.34. The Morgan fingerprint density at radius 1 is 1.55 bits per heavy atom. The molecule has 0 aliphatic carbocycles. The number of rotatable bonds is 6. The van der Waals surface area contributed by atoms with E-state index in [0.29, 0.717) is 18.3 Å². The quantitative estimate of drug-likeness (QED) is 0.845. The number of anilines is 1. The number of amides is 1. The molecule has 2 N–H and O–H groups in total. The number of hydrogen-bond donors (Lipinski definition) is 2. The van der Waals surface area contributed by atoms with E-state index in [2.05, 4.69) is 22.5 Å². The van der Waals surface area contributed by atoms with Gasteiger partial charge in [-0.25, -0.2) is 4.39 Å². The normalized spacial score (nSPS) is 15.2. The summed E-state index contributed by atoms with van der Waals surface area (Å²) in [4.78, 5) is 14.2. The zero-order chi connectivity index (χ0) is 14.5. The van der Waals surface area contributed by atoms with Gasteiger partial charge < -0.3 is 10.6 Å². The Labute approximate surface area is 123 Å². The van der Waals surface area contributed by atoms with E-state index >= 15 is 0 Å². The van der Waals surface area contributed by atoms with Gasteiger partial charge in [0.05, 0.1) is 17.3 Å². The molecule has 2 rings (SSSR count). The van der Waals surface area contributed by atoms with Crippen molar-refractivity contribution in [3.05, 3.63) is 29.0 Å². The lowest BCUT2D eigenvalue weighted by Crippen LogP contribution is -2.58. The standard InChI is InChI=1S/C14H19ClFN3O/c1-2-5-19(11-7-17-8-11)9-14(20)18-13-4-3-10(16)6-12(13)15/h3-4,6,11,17H,2,5,7-9H2,1H3,(H,18,20). The van der Waals surface area contributed by atoms with Crippen LogP contribution in [-0.4, -0.2) is 43.0 Å². The first-order chi connectivity index (χ1) is 9.60. The molecule has 0 saturated carbocycles. The SMILES string of the molecule is CCCN(CC(=O)Nc1ccc(F)cc1Cl)C1CNC1. The van der Waals surface area contributed by atoms with Crippen molar-refractivity contribution >= 4 is 23.2 Å². The first-order valence-corrected chi connectivity index (χ1v) is 7.17. The first-order valence-electron chi connectivity index (χ1n) is 6.80. The van der Waals surface area contributed by atoms with Crippen molar-refractivity contribution in [3.8, 4) is 0 Å². The highest BCUT2D eigenvalue weighted by atomic mass is 35.5. The van der Waals surface area contributed by atoms with Crippen LogP contribution >= 0.6 is 11.6 Å². The average Bonchev–Trinajstić information content (AvgIpc) is 2.31. The maximum Gasteiger partial charge on any atom is 0.238 e. The fourth-order valence-electron chi connectivity index (χ4n) is 2.17. The molecule has 110 valence electrons. The molecule has 1 aliphatic rings. The molecule has 1 aromatic rings. The van der Waals surface area contributed by atoms with Gasteiger partial charge in [-0.2, -0.15) is 0 Å². The average molecular weight is 300 g/mol. The van der Waals surface area contributed by atoms with Gasteiger partial charge >= 0.3 is 0 Å². The van der Waals surface area contributed by atoms with Crippen molar-refractivity contribution in [3.63, 3.8) is 0 Å². The number of halogens is 2. The van der Waals surface area contributed by atoms with Crippen molar-refractivity contribution in [2.45, 2.75) is 19.4 Å². The lowest BCUT2D eigenvalue weighted by Gasteiger charge is -2.37. The molecule has 1 aliphatic heterocycles. The minimum atomic E-state index is -0.416. The third kappa shape index (κ3) is 3.91. The summed E-state index contributed by atoms with van der Waals surface area (Å²) < 4.78 is 12.9. The van der Waals surface area contributed by atoms with E-state index in [9.17, 15) is 9.18 Å². The van der Waals surface area contributed by atoms with Crippen molar-refractivity contribution in [1.82, 2.24) is 10.2 Å². The zero-order valence-electron chi connectivity index (χ0n) is 11.5. The van der Waals surface area contributed by atoms with Crippen LogP contribution in [0.5, 0.6) is 0 Å². The molecular weight excluding hydrogens is 281 g/mol. The van der Waals surface area contributed by atoms with Gasteiger partial charge in [0, 0.05) is 19.1 Å². The van der Waals surface area contributed by atoms with E-state index in [1.807, 2.05) is 0 Å². The highest BCUT2D eigenvalue weighted by Gasteiger charge is 2.25. The molecule has 0 atom stereocenters. The van der Waals surface area contributed by atoms with E-state index in [1.54, 1.807) is 0 Å². The third-order valence-corrected chi connectivity index (χ3v) is 3.65. The number of hydrogen-bond acceptors (Lipinski definition) is 3. The molecule has 20 heavy (non-hydrogen) atoms. The summed E-state index contributed by atoms with van der Waals surface area (Å²) in [5.41, 5.74) is 0.446. The summed E-state index contributed by atoms with van der Waals surface area (Å²) >= 11 is 5.89. The second-order valence-electron chi connectivity index (χ2n) is 4.95. The van der Waals surface area contributed by atoms with Gasteiger partial charge in [0.1, 0.15) is 5.82 Å². The van der Waals surface area contributed by atoms with E-state index in [-0.39, 0.29) is 10.9 Å². The number of carbonyl (C=O) groups is 1. The Hall–Kier alpha value is -1.17. The van der Waals surface area contributed by atoms with Crippen molar-refractivity contribution < 1.29 is 9.18 Å². The van der Waals surface area contributed by atoms with Gasteiger partial charge in [0.15, 0.2) is 0 Å². The molecule has 1 amide bonds. The maximum atomic E-state index is 12.9. The summed E-state index contributed by atoms with van der Waals surface area (Å²) in [6.07, 6.45) is 1.00. The number of carbonyl (C=O) groups excluding carboxylic acids is 1. The Bertz CT molecular complexity index is 479. The first kappa shape index (κ1) is 15.2. The third-order valence-electron chi connectivity index (χ3n) is 3.34. The van der Waals surface area contributed by atoms with Crippen molar-refractivity contribution in [2.75, 3.05) is 31.5 Å². The van der Waals surface area contributed by atoms with Crippen LogP contribution < -0.4 is 10.6 Å². The number of nitrogens with one attached hydrogen (secondary N) is 2. The lowest BCUT2D eigenvalue weighted by atomic mass is 10.1. The van der Waals surface area contributed by atoms with Crippen LogP contribution in [-0.2, 0) is 4.79 Å². The Morgan fingerprint density at radius 3 is 2.85 bits per heavy atom. The molecule has 1 aromatic carbocycles. The van der Waals surface area contributed by atoms with Crippen molar-refractivity contribution in [2.24, 2.45) is 0 Å². The molecule has 6 heteroatoms. The highest BCUT2D eigenvalue weighted by molar-refractivity contribution is 6.33. The van der Waals surface area contributed by atoms with E-state index in [0.717, 1.165) is 26.1 Å². The van der Waals surface area contributed by atoms with Gasteiger partial charge in [-0.3, -0.25) is 9.69 Å². The van der Waals surface area contributed by atoms with E-state index in [1.165, 1.54) is 18.2 Å². The minimum Gasteiger partial charge on any atom is -0.324 e. The molecule has 0 radical (unpaired) electrons. The van der Waals surface area contributed by atoms with Crippen LogP contribution in [0, 0.1) is 5.82 Å². The van der Waals surface area contributed by atoms with Crippen LogP contribution in [0.4, 0.5) is 10.1 Å². The molecule has 1 heterocycles. The number of benzene rings is 1. The van der Waals surface area contributed by atoms with Gasteiger partial charge in [0.2, 0.25) is 5.91 Å². The summed E-state index contributed by atoms with van der Waals surface area (Å²) in [5.74, 6) is -0.542. The van der Waals surface area contributed by atoms with Crippen LogP contribution in [0.25, 0.3) is 0 Å². The summed E-state index contributed by atoms with van der Waals surface area (Å²) in [7, 11) is 0. The van der Waals surface area contributed by atoms with Crippen LogP contribution in [0.2, 0.25) is 5.02 Å². The molecule has 4 nitrogen and oxygen atoms in total. The molecule has 1 fully saturated rings. The summed E-state index contributed by atoms with van der Waals surface area (Å²) in [6.45, 7) is 5.15. The summed E-state index contributed by atoms with van der Waals surface area (Å²) in [5, 5.41) is 6.15. The van der Waals surface area contributed by atoms with Gasteiger partial charge in [-0.1, -0.05) is 18.5 Å². The molecule has 0 unspecified atom stereocenters. The van der Waals surface area contributed by atoms with Gasteiger partial charge in [-0.15, -0.1) is 0 Å². The van der Waals surface area contributed by atoms with Gasteiger partial charge in [-0.05, 0) is 31.2 Å². The smallest absolute Gasteiger partial charge is 0.238 e. The second kappa shape index (κ2) is 7.02. The lowest BCUT2D eigenvalue weighted by molar-refractivity contribution is -0.118. The van der Waals surface area contributed by atoms with Crippen LogP contribution in [0.3, 0.4) is 0 Å². The van der Waals surface area contributed by atoms with E-state index in [4.69, 9.17) is 11.6 Å². The molecule has 1 saturated heterocycles. The zero-order valence-corrected chi connectivity index (χ0v) is 12.2. The summed E-state index contributed by atoms with van der Waals surface area (Å²) in [6, 6.07) is 4.37. The predicted octanol–water partition coefficient (Wildman–Crippen LogP) is 2.10. The molecule has 0 bridgehead atoms. The largest absolute Gasteiger partial charge is 0.324 e. The monoisotopic (exact) mass is 299 g/mol. The van der Waals surface area contributed by atoms with Crippen LogP contribution in [0.1, 0.15) is 13.3 Å². The van der Waals surface area contributed by atoms with Gasteiger partial charge in [0.25, 0.3) is 0 Å². The maximum absolute atomic E-state index is 12.9. The van der Waals surface area contributed by atoms with Crippen molar-refractivity contribution in [1.29, 1.82) is 0 Å². The Balaban J connectivity index is 1.93. The minimum absolute atomic E-state index is 0.126. The fourth-order valence-corrected chi connectivity index (χ4v) is 2.39. The molecule has 0 spiro atoms. The van der Waals surface area contributed by atoms with Crippen LogP contribution in [0.15, 0.2) is 18.2 Å². The van der Waals surface area contributed by atoms with E-state index < -0.39 is 5.82 Å². The number of nitrogens with zero attached hydrogens (tertiary/aromatic N) is 1. The topological polar surface area (TPSA) is 44.4 Å².